The van der Waals surface area contributed by atoms with E-state index in [2.05, 4.69) is 60.3 Å². The fourth-order valence-corrected chi connectivity index (χ4v) is 8.68. The maximum absolute atomic E-state index is 12.6. The number of rotatable bonds is 6. The van der Waals surface area contributed by atoms with E-state index < -0.39 is 5.97 Å². The molecule has 0 heterocycles. The molecule has 188 valence electrons. The minimum atomic E-state index is -1.09. The maximum Gasteiger partial charge on any atom is 0.331 e. The van der Waals surface area contributed by atoms with Crippen LogP contribution in [0.4, 0.5) is 0 Å². The van der Waals surface area contributed by atoms with Crippen molar-refractivity contribution in [3.05, 3.63) is 35.5 Å². The van der Waals surface area contributed by atoms with E-state index in [9.17, 15) is 14.7 Å². The van der Waals surface area contributed by atoms with Crippen LogP contribution in [-0.4, -0.2) is 28.1 Å². The number of aliphatic hydroxyl groups excluding tert-OH is 1. The largest absolute Gasteiger partial charge is 0.478 e. The zero-order valence-electron chi connectivity index (χ0n) is 22.0. The quantitative estimate of drug-likeness (QED) is 0.345. The molecule has 4 rings (SSSR count). The van der Waals surface area contributed by atoms with Gasteiger partial charge >= 0.3 is 5.97 Å². The van der Waals surface area contributed by atoms with Gasteiger partial charge in [0.2, 0.25) is 0 Å². The predicted octanol–water partition coefficient (Wildman–Crippen LogP) is 6.50. The van der Waals surface area contributed by atoms with Gasteiger partial charge < -0.3 is 10.2 Å². The zero-order valence-corrected chi connectivity index (χ0v) is 22.0. The van der Waals surface area contributed by atoms with E-state index in [0.717, 1.165) is 38.5 Å². The highest BCUT2D eigenvalue weighted by molar-refractivity contribution is 5.94. The summed E-state index contributed by atoms with van der Waals surface area (Å²) in [6.45, 7) is 17.4. The van der Waals surface area contributed by atoms with E-state index >= 15 is 0 Å². The third-order valence-corrected chi connectivity index (χ3v) is 11.1. The first-order valence-electron chi connectivity index (χ1n) is 13.2. The second kappa shape index (κ2) is 8.18. The lowest BCUT2D eigenvalue weighted by Crippen LogP contribution is -2.55. The molecule has 0 radical (unpaired) electrons. The minimum absolute atomic E-state index is 0.0194. The van der Waals surface area contributed by atoms with Crippen LogP contribution in [-0.2, 0) is 9.59 Å². The molecular weight excluding hydrogens is 424 g/mol. The number of fused-ring (bicyclic) bond motifs is 5. The van der Waals surface area contributed by atoms with Gasteiger partial charge in [-0.15, -0.1) is 0 Å². The van der Waals surface area contributed by atoms with Crippen LogP contribution in [0.3, 0.4) is 0 Å². The van der Waals surface area contributed by atoms with Gasteiger partial charge in [-0.25, -0.2) is 4.79 Å². The van der Waals surface area contributed by atoms with Crippen LogP contribution in [0.1, 0.15) is 92.9 Å². The van der Waals surface area contributed by atoms with Crippen LogP contribution < -0.4 is 0 Å². The average Bonchev–Trinajstić information content (AvgIpc) is 3.03. The van der Waals surface area contributed by atoms with Crippen molar-refractivity contribution in [3.8, 4) is 0 Å². The van der Waals surface area contributed by atoms with Gasteiger partial charge in [-0.2, -0.15) is 0 Å². The Kier molecular flexibility index (Phi) is 6.12. The Morgan fingerprint density at radius 1 is 1.09 bits per heavy atom. The topological polar surface area (TPSA) is 74.6 Å². The van der Waals surface area contributed by atoms with Gasteiger partial charge in [0.05, 0.1) is 6.10 Å². The Morgan fingerprint density at radius 2 is 1.76 bits per heavy atom. The molecule has 0 aromatic rings. The summed E-state index contributed by atoms with van der Waals surface area (Å²) < 4.78 is 0. The van der Waals surface area contributed by atoms with Crippen molar-refractivity contribution in [3.63, 3.8) is 0 Å². The molecule has 7 atom stereocenters. The summed E-state index contributed by atoms with van der Waals surface area (Å²) in [7, 11) is 0. The van der Waals surface area contributed by atoms with Crippen molar-refractivity contribution >= 4 is 11.8 Å². The second-order valence-corrected chi connectivity index (χ2v) is 13.2. The number of carbonyl (C=O) groups excluding carboxylic acids is 1. The van der Waals surface area contributed by atoms with Crippen LogP contribution in [0.5, 0.6) is 0 Å². The number of allylic oxidation sites excluding steroid dienone is 4. The molecule has 0 amide bonds. The molecule has 4 nitrogen and oxygen atoms in total. The third-order valence-electron chi connectivity index (χ3n) is 11.1. The predicted molar refractivity (Wildman–Crippen MR) is 135 cm³/mol. The van der Waals surface area contributed by atoms with E-state index in [0.29, 0.717) is 18.3 Å². The third kappa shape index (κ3) is 3.58. The van der Waals surface area contributed by atoms with Gasteiger partial charge in [0.1, 0.15) is 5.78 Å². The van der Waals surface area contributed by atoms with Crippen molar-refractivity contribution in [2.45, 2.75) is 99.0 Å². The number of Topliss-reactive ketones (excluding diaryl/α,β-unsaturated/α-hetero) is 1. The lowest BCUT2D eigenvalue weighted by Gasteiger charge is -2.61. The highest BCUT2D eigenvalue weighted by atomic mass is 16.4. The number of carboxylic acids is 1. The van der Waals surface area contributed by atoms with E-state index in [4.69, 9.17) is 5.11 Å². The SMILES string of the molecule is C=C(CC(=O)C[C@@H](C)[C@]1(C)CC[C@@]2(C)C3=CC[C@H]4C(C)(C)[C@H](O)CC[C@]4(C)[C@@H]3CC=C21)C(=O)O. The van der Waals surface area contributed by atoms with Crippen LogP contribution in [0.25, 0.3) is 0 Å². The summed E-state index contributed by atoms with van der Waals surface area (Å²) in [4.78, 5) is 23.8. The number of aliphatic hydroxyl groups is 1. The second-order valence-electron chi connectivity index (χ2n) is 13.2. The molecule has 2 N–H and O–H groups in total. The minimum Gasteiger partial charge on any atom is -0.478 e. The monoisotopic (exact) mass is 468 g/mol. The Hall–Kier alpha value is -1.68. The number of carboxylic acid groups (broad SMARTS) is 1. The molecular formula is C30H44O4. The molecule has 0 aromatic heterocycles. The molecule has 34 heavy (non-hydrogen) atoms. The van der Waals surface area contributed by atoms with Crippen LogP contribution >= 0.6 is 0 Å². The number of carbonyl (C=O) groups is 2. The molecule has 4 heteroatoms. The van der Waals surface area contributed by atoms with Gasteiger partial charge in [-0.3, -0.25) is 4.79 Å². The molecule has 2 fully saturated rings. The van der Waals surface area contributed by atoms with E-state index in [-0.39, 0.29) is 51.5 Å². The number of ketones is 1. The molecule has 0 spiro atoms. The molecule has 0 bridgehead atoms. The number of aliphatic carboxylic acids is 1. The summed E-state index contributed by atoms with van der Waals surface area (Å²) in [5, 5.41) is 19.9. The number of hydrogen-bond acceptors (Lipinski definition) is 3. The number of hydrogen-bond donors (Lipinski definition) is 2. The first-order valence-corrected chi connectivity index (χ1v) is 13.2. The smallest absolute Gasteiger partial charge is 0.331 e. The van der Waals surface area contributed by atoms with Crippen molar-refractivity contribution in [2.75, 3.05) is 0 Å². The Balaban J connectivity index is 1.60. The van der Waals surface area contributed by atoms with Crippen molar-refractivity contribution in [2.24, 2.45) is 39.4 Å². The zero-order chi connectivity index (χ0) is 25.3. The van der Waals surface area contributed by atoms with E-state index in [1.807, 2.05) is 0 Å². The van der Waals surface area contributed by atoms with Crippen LogP contribution in [0.2, 0.25) is 0 Å². The molecule has 4 aliphatic carbocycles. The Labute approximate surface area is 205 Å². The standard InChI is InChI=1S/C30H44O4/c1-18(26(33)34)16-20(31)17-19(2)28(5)14-15-30(7)22-8-10-23-27(3,4)25(32)12-13-29(23,6)21(22)9-11-24(28)30/h8,11,19,21,23,25,32H,1,9-10,12-17H2,2-7H3,(H,33,34)/t19-,21-,23+,25-,28+,29-,30+/m1/s1. The van der Waals surface area contributed by atoms with Gasteiger partial charge in [0.25, 0.3) is 0 Å². The van der Waals surface area contributed by atoms with Crippen LogP contribution in [0.15, 0.2) is 35.5 Å². The lowest BCUT2D eigenvalue weighted by molar-refractivity contribution is -0.134. The fraction of sp³-hybridized carbons (Fsp3) is 0.733. The Bertz CT molecular complexity index is 970. The van der Waals surface area contributed by atoms with Gasteiger partial charge in [-0.05, 0) is 72.5 Å². The van der Waals surface area contributed by atoms with Crippen molar-refractivity contribution in [1.29, 1.82) is 0 Å². The first-order chi connectivity index (χ1) is 15.7. The van der Waals surface area contributed by atoms with Crippen molar-refractivity contribution < 1.29 is 19.8 Å². The molecule has 2 saturated carbocycles. The molecule has 0 aromatic carbocycles. The van der Waals surface area contributed by atoms with Gasteiger partial charge in [0.15, 0.2) is 0 Å². The lowest BCUT2D eigenvalue weighted by atomic mass is 9.44. The van der Waals surface area contributed by atoms with E-state index in [1.54, 1.807) is 5.57 Å². The van der Waals surface area contributed by atoms with E-state index in [1.165, 1.54) is 5.57 Å². The average molecular weight is 469 g/mol. The maximum atomic E-state index is 12.6. The van der Waals surface area contributed by atoms with Gasteiger partial charge in [0, 0.05) is 23.8 Å². The van der Waals surface area contributed by atoms with Gasteiger partial charge in [-0.1, -0.05) is 71.4 Å². The summed E-state index contributed by atoms with van der Waals surface area (Å²) in [5.41, 5.74) is 3.20. The highest BCUT2D eigenvalue weighted by Crippen LogP contribution is 2.70. The molecule has 0 unspecified atom stereocenters. The summed E-state index contributed by atoms with van der Waals surface area (Å²) in [5.74, 6) is 0.0468. The molecule has 4 aliphatic rings. The highest BCUT2D eigenvalue weighted by Gasteiger charge is 2.61. The van der Waals surface area contributed by atoms with Crippen molar-refractivity contribution in [1.82, 2.24) is 0 Å². The van der Waals surface area contributed by atoms with Crippen LogP contribution in [0, 0.1) is 39.4 Å². The molecule has 0 saturated heterocycles. The fourth-order valence-electron chi connectivity index (χ4n) is 8.68. The normalized spacial score (nSPS) is 41.3. The Morgan fingerprint density at radius 3 is 2.41 bits per heavy atom. The summed E-state index contributed by atoms with van der Waals surface area (Å²) in [6, 6.07) is 0. The summed E-state index contributed by atoms with van der Waals surface area (Å²) in [6.07, 6.45) is 11.3. The first kappa shape index (κ1) is 25.4. The summed E-state index contributed by atoms with van der Waals surface area (Å²) >= 11 is 0. The molecule has 0 aliphatic heterocycles.